The fraction of sp³-hybridized carbons (Fsp3) is 0.929. The molecule has 0 spiro atoms. The number of alkyl halides is 1. The summed E-state index contributed by atoms with van der Waals surface area (Å²) in [6.45, 7) is 0.933. The quantitative estimate of drug-likeness (QED) is 0.708. The minimum atomic E-state index is 0.299. The van der Waals surface area contributed by atoms with Gasteiger partial charge in [-0.05, 0) is 31.6 Å². The first-order chi connectivity index (χ1) is 8.31. The number of carbonyl (C=O) groups excluding carboxylic acids is 1. The van der Waals surface area contributed by atoms with Gasteiger partial charge in [0, 0.05) is 24.9 Å². The maximum Gasteiger partial charge on any atom is 0.223 e. The van der Waals surface area contributed by atoms with Crippen LogP contribution in [-0.2, 0) is 4.79 Å². The molecule has 1 aliphatic heterocycles. The van der Waals surface area contributed by atoms with E-state index in [1.807, 2.05) is 0 Å². The Morgan fingerprint density at radius 1 is 1.06 bits per heavy atom. The second-order valence-corrected chi connectivity index (χ2v) is 5.91. The van der Waals surface area contributed by atoms with Crippen molar-refractivity contribution in [1.82, 2.24) is 4.90 Å². The molecular weight excluding hydrogens is 234 g/mol. The summed E-state index contributed by atoms with van der Waals surface area (Å²) in [5, 5.41) is 0. The van der Waals surface area contributed by atoms with Crippen LogP contribution in [-0.4, -0.2) is 29.3 Å². The average molecular weight is 258 g/mol. The molecule has 0 radical (unpaired) electrons. The molecule has 0 aromatic carbocycles. The van der Waals surface area contributed by atoms with Crippen LogP contribution in [0.2, 0.25) is 0 Å². The van der Waals surface area contributed by atoms with Gasteiger partial charge in [-0.3, -0.25) is 4.79 Å². The number of amides is 1. The smallest absolute Gasteiger partial charge is 0.223 e. The zero-order valence-electron chi connectivity index (χ0n) is 10.7. The van der Waals surface area contributed by atoms with Crippen molar-refractivity contribution in [3.8, 4) is 0 Å². The number of halogens is 1. The highest BCUT2D eigenvalue weighted by Crippen LogP contribution is 2.29. The summed E-state index contributed by atoms with van der Waals surface area (Å²) in [6, 6.07) is 0.299. The number of nitrogens with zero attached hydrogens (tertiary/aromatic N) is 1. The van der Waals surface area contributed by atoms with E-state index >= 15 is 0 Å². The van der Waals surface area contributed by atoms with Gasteiger partial charge in [-0.25, -0.2) is 0 Å². The predicted octanol–water partition coefficient (Wildman–Crippen LogP) is 3.58. The molecule has 1 saturated heterocycles. The molecule has 0 aromatic heterocycles. The summed E-state index contributed by atoms with van der Waals surface area (Å²) < 4.78 is 0. The van der Waals surface area contributed by atoms with E-state index in [0.717, 1.165) is 25.8 Å². The molecule has 1 heterocycles. The summed E-state index contributed by atoms with van der Waals surface area (Å²) in [5.74, 6) is 1.63. The van der Waals surface area contributed by atoms with Crippen molar-refractivity contribution in [3.05, 3.63) is 0 Å². The lowest BCUT2D eigenvalue weighted by molar-refractivity contribution is -0.134. The summed E-state index contributed by atoms with van der Waals surface area (Å²) in [5.41, 5.74) is 0. The maximum absolute atomic E-state index is 12.3. The zero-order chi connectivity index (χ0) is 12.1. The van der Waals surface area contributed by atoms with E-state index in [-0.39, 0.29) is 0 Å². The number of likely N-dealkylation sites (tertiary alicyclic amines) is 1. The van der Waals surface area contributed by atoms with E-state index in [1.54, 1.807) is 0 Å². The first kappa shape index (κ1) is 13.2. The Bertz CT molecular complexity index is 251. The van der Waals surface area contributed by atoms with Gasteiger partial charge in [-0.1, -0.05) is 25.7 Å². The van der Waals surface area contributed by atoms with E-state index in [4.69, 9.17) is 11.6 Å². The van der Waals surface area contributed by atoms with Gasteiger partial charge in [-0.2, -0.15) is 0 Å². The van der Waals surface area contributed by atoms with E-state index in [0.29, 0.717) is 23.7 Å². The minimum Gasteiger partial charge on any atom is -0.339 e. The fourth-order valence-electron chi connectivity index (χ4n) is 3.24. The Morgan fingerprint density at radius 3 is 2.47 bits per heavy atom. The molecule has 1 atom stereocenters. The molecule has 2 fully saturated rings. The van der Waals surface area contributed by atoms with Crippen molar-refractivity contribution in [2.75, 3.05) is 12.4 Å². The van der Waals surface area contributed by atoms with Crippen LogP contribution in [0.1, 0.15) is 57.8 Å². The maximum atomic E-state index is 12.3. The van der Waals surface area contributed by atoms with Gasteiger partial charge in [0.15, 0.2) is 0 Å². The average Bonchev–Trinajstić information content (AvgIpc) is 2.71. The zero-order valence-corrected chi connectivity index (χ0v) is 11.4. The summed E-state index contributed by atoms with van der Waals surface area (Å²) >= 11 is 6.01. The number of hydrogen-bond donors (Lipinski definition) is 0. The van der Waals surface area contributed by atoms with Gasteiger partial charge in [0.1, 0.15) is 0 Å². The van der Waals surface area contributed by atoms with Crippen molar-refractivity contribution in [3.63, 3.8) is 0 Å². The van der Waals surface area contributed by atoms with Crippen LogP contribution in [0.25, 0.3) is 0 Å². The molecule has 2 aliphatic rings. The molecule has 3 heteroatoms. The largest absolute Gasteiger partial charge is 0.339 e. The number of hydrogen-bond acceptors (Lipinski definition) is 1. The van der Waals surface area contributed by atoms with Crippen molar-refractivity contribution in [1.29, 1.82) is 0 Å². The Kier molecular flexibility index (Phi) is 5.15. The third-order valence-corrected chi connectivity index (χ3v) is 4.67. The van der Waals surface area contributed by atoms with Gasteiger partial charge < -0.3 is 4.90 Å². The van der Waals surface area contributed by atoms with E-state index < -0.39 is 0 Å². The molecule has 2 rings (SSSR count). The predicted molar refractivity (Wildman–Crippen MR) is 71.3 cm³/mol. The van der Waals surface area contributed by atoms with Gasteiger partial charge >= 0.3 is 0 Å². The molecule has 1 aliphatic carbocycles. The Labute approximate surface area is 110 Å². The van der Waals surface area contributed by atoms with Gasteiger partial charge in [0.2, 0.25) is 5.91 Å². The second-order valence-electron chi connectivity index (χ2n) is 5.60. The van der Waals surface area contributed by atoms with Crippen LogP contribution in [0.5, 0.6) is 0 Å². The number of rotatable bonds is 3. The normalized spacial score (nSPS) is 27.1. The van der Waals surface area contributed by atoms with Crippen molar-refractivity contribution in [2.45, 2.75) is 63.8 Å². The Hall–Kier alpha value is -0.240. The monoisotopic (exact) mass is 257 g/mol. The lowest BCUT2D eigenvalue weighted by atomic mass is 10.0. The molecule has 1 saturated carbocycles. The van der Waals surface area contributed by atoms with Gasteiger partial charge in [-0.15, -0.1) is 11.6 Å². The topological polar surface area (TPSA) is 20.3 Å². The lowest BCUT2D eigenvalue weighted by Crippen LogP contribution is -2.41. The molecule has 17 heavy (non-hydrogen) atoms. The highest BCUT2D eigenvalue weighted by Gasteiger charge is 2.27. The SMILES string of the molecule is O=C(CC1CCCC1)N1CCCCCC1CCl. The van der Waals surface area contributed by atoms with Gasteiger partial charge in [0.25, 0.3) is 0 Å². The third kappa shape index (κ3) is 3.61. The molecule has 1 amide bonds. The standard InChI is InChI=1S/C14H24ClNO/c15-11-13-8-2-1-5-9-16(13)14(17)10-12-6-3-4-7-12/h12-13H,1-11H2. The van der Waals surface area contributed by atoms with Crippen LogP contribution in [0, 0.1) is 5.92 Å². The van der Waals surface area contributed by atoms with Crippen LogP contribution >= 0.6 is 11.6 Å². The van der Waals surface area contributed by atoms with Gasteiger partial charge in [0.05, 0.1) is 0 Å². The van der Waals surface area contributed by atoms with Crippen LogP contribution in [0.4, 0.5) is 0 Å². The van der Waals surface area contributed by atoms with Crippen molar-refractivity contribution in [2.24, 2.45) is 5.92 Å². The highest BCUT2D eigenvalue weighted by molar-refractivity contribution is 6.18. The van der Waals surface area contributed by atoms with Crippen molar-refractivity contribution >= 4 is 17.5 Å². The fourth-order valence-corrected chi connectivity index (χ4v) is 3.57. The summed E-state index contributed by atoms with van der Waals surface area (Å²) in [4.78, 5) is 14.4. The van der Waals surface area contributed by atoms with Crippen LogP contribution in [0.15, 0.2) is 0 Å². The highest BCUT2D eigenvalue weighted by atomic mass is 35.5. The second kappa shape index (κ2) is 6.63. The summed E-state index contributed by atoms with van der Waals surface area (Å²) in [6.07, 6.45) is 10.6. The Morgan fingerprint density at radius 2 is 1.76 bits per heavy atom. The van der Waals surface area contributed by atoms with Crippen molar-refractivity contribution < 1.29 is 4.79 Å². The Balaban J connectivity index is 1.89. The third-order valence-electron chi connectivity index (χ3n) is 4.31. The molecule has 1 unspecified atom stereocenters. The van der Waals surface area contributed by atoms with E-state index in [9.17, 15) is 4.79 Å². The van der Waals surface area contributed by atoms with Crippen LogP contribution < -0.4 is 0 Å². The first-order valence-electron chi connectivity index (χ1n) is 7.16. The van der Waals surface area contributed by atoms with E-state index in [1.165, 1.54) is 38.5 Å². The van der Waals surface area contributed by atoms with E-state index in [2.05, 4.69) is 4.90 Å². The molecule has 0 N–H and O–H groups in total. The molecular formula is C14H24ClNO. The molecule has 2 nitrogen and oxygen atoms in total. The molecule has 0 aromatic rings. The molecule has 98 valence electrons. The lowest BCUT2D eigenvalue weighted by Gasteiger charge is -2.29. The van der Waals surface area contributed by atoms with Crippen LogP contribution in [0.3, 0.4) is 0 Å². The first-order valence-corrected chi connectivity index (χ1v) is 7.70. The molecule has 0 bridgehead atoms. The minimum absolute atomic E-state index is 0.299. The summed E-state index contributed by atoms with van der Waals surface area (Å²) in [7, 11) is 0. The number of carbonyl (C=O) groups is 1.